The molecule has 122 valence electrons. The molecule has 0 aliphatic carbocycles. The van der Waals surface area contributed by atoms with Gasteiger partial charge in [0.25, 0.3) is 0 Å². The molecule has 0 unspecified atom stereocenters. The van der Waals surface area contributed by atoms with Crippen molar-refractivity contribution in [2.45, 2.75) is 27.0 Å². The average molecular weight is 317 g/mol. The van der Waals surface area contributed by atoms with Crippen molar-refractivity contribution in [3.8, 4) is 16.9 Å². The van der Waals surface area contributed by atoms with Gasteiger partial charge in [-0.15, -0.1) is 0 Å². The fourth-order valence-corrected chi connectivity index (χ4v) is 3.04. The van der Waals surface area contributed by atoms with Crippen LogP contribution in [0, 0.1) is 13.8 Å². The van der Waals surface area contributed by atoms with Crippen LogP contribution in [0.1, 0.15) is 22.3 Å². The normalized spacial score (nSPS) is 10.6. The lowest BCUT2D eigenvalue weighted by molar-refractivity contribution is 0.307. The Hall–Kier alpha value is -2.58. The van der Waals surface area contributed by atoms with Crippen LogP contribution < -0.4 is 10.5 Å². The molecule has 0 heterocycles. The molecule has 0 atom stereocenters. The van der Waals surface area contributed by atoms with Gasteiger partial charge in [-0.2, -0.15) is 0 Å². The van der Waals surface area contributed by atoms with Crippen LogP contribution in [-0.4, -0.2) is 0 Å². The topological polar surface area (TPSA) is 35.2 Å². The Morgan fingerprint density at radius 3 is 2.12 bits per heavy atom. The number of nitrogens with two attached hydrogens (primary N) is 1. The van der Waals surface area contributed by atoms with Gasteiger partial charge in [-0.3, -0.25) is 0 Å². The van der Waals surface area contributed by atoms with Crippen LogP contribution in [0.4, 0.5) is 0 Å². The minimum absolute atomic E-state index is 0.566. The highest BCUT2D eigenvalue weighted by Crippen LogP contribution is 2.32. The number of aryl methyl sites for hydroxylation is 2. The van der Waals surface area contributed by atoms with Crippen molar-refractivity contribution in [2.24, 2.45) is 5.73 Å². The maximum atomic E-state index is 6.09. The van der Waals surface area contributed by atoms with Crippen LogP contribution in [0.25, 0.3) is 11.1 Å². The largest absolute Gasteiger partial charge is 0.488 e. The summed E-state index contributed by atoms with van der Waals surface area (Å²) in [5.74, 6) is 0.903. The van der Waals surface area contributed by atoms with Crippen LogP contribution in [0.2, 0.25) is 0 Å². The van der Waals surface area contributed by atoms with Crippen LogP contribution in [0.5, 0.6) is 5.75 Å². The molecule has 0 amide bonds. The van der Waals surface area contributed by atoms with E-state index in [4.69, 9.17) is 10.5 Å². The van der Waals surface area contributed by atoms with Crippen LogP contribution in [0.3, 0.4) is 0 Å². The molecule has 2 N–H and O–H groups in total. The molecular weight excluding hydrogens is 294 g/mol. The van der Waals surface area contributed by atoms with E-state index in [1.807, 2.05) is 36.4 Å². The lowest BCUT2D eigenvalue weighted by atomic mass is 9.95. The summed E-state index contributed by atoms with van der Waals surface area (Å²) >= 11 is 0. The van der Waals surface area contributed by atoms with E-state index in [1.165, 1.54) is 22.3 Å². The van der Waals surface area contributed by atoms with Gasteiger partial charge in [-0.25, -0.2) is 0 Å². The van der Waals surface area contributed by atoms with Gasteiger partial charge in [0.1, 0.15) is 12.4 Å². The van der Waals surface area contributed by atoms with Crippen molar-refractivity contribution in [1.29, 1.82) is 0 Å². The molecule has 3 aromatic rings. The first kappa shape index (κ1) is 16.3. The molecule has 0 aliphatic heterocycles. The van der Waals surface area contributed by atoms with Gasteiger partial charge in [-0.1, -0.05) is 60.7 Å². The smallest absolute Gasteiger partial charge is 0.127 e. The predicted molar refractivity (Wildman–Crippen MR) is 100 cm³/mol. The summed E-state index contributed by atoms with van der Waals surface area (Å²) in [5, 5.41) is 0. The molecule has 0 aromatic heterocycles. The van der Waals surface area contributed by atoms with Gasteiger partial charge >= 0.3 is 0 Å². The van der Waals surface area contributed by atoms with E-state index >= 15 is 0 Å². The summed E-state index contributed by atoms with van der Waals surface area (Å²) in [5.41, 5.74) is 13.0. The highest BCUT2D eigenvalue weighted by molar-refractivity contribution is 5.72. The molecular formula is C22H23NO. The van der Waals surface area contributed by atoms with Gasteiger partial charge in [0.05, 0.1) is 0 Å². The first-order valence-electron chi connectivity index (χ1n) is 8.25. The lowest BCUT2D eigenvalue weighted by Gasteiger charge is -2.15. The molecule has 24 heavy (non-hydrogen) atoms. The van der Waals surface area contributed by atoms with Gasteiger partial charge in [-0.05, 0) is 47.7 Å². The molecule has 2 nitrogen and oxygen atoms in total. The third-order valence-corrected chi connectivity index (χ3v) is 4.34. The highest BCUT2D eigenvalue weighted by atomic mass is 16.5. The second-order valence-electron chi connectivity index (χ2n) is 6.06. The Bertz CT molecular complexity index is 801. The van der Waals surface area contributed by atoms with E-state index in [0.29, 0.717) is 13.2 Å². The Morgan fingerprint density at radius 2 is 1.46 bits per heavy atom. The Labute approximate surface area is 143 Å². The van der Waals surface area contributed by atoms with Gasteiger partial charge in [0.2, 0.25) is 0 Å². The standard InChI is InChI=1S/C22H23NO/c1-16-12-19(13-17(2)21(16)14-23)20-10-6-7-11-22(20)24-15-18-8-4-3-5-9-18/h3-13H,14-15,23H2,1-2H3. The van der Waals surface area contributed by atoms with Crippen LogP contribution in [-0.2, 0) is 13.2 Å². The molecule has 0 aliphatic rings. The summed E-state index contributed by atoms with van der Waals surface area (Å²) in [6.45, 7) is 5.37. The van der Waals surface area contributed by atoms with Gasteiger partial charge < -0.3 is 10.5 Å². The molecule has 0 fully saturated rings. The SMILES string of the molecule is Cc1cc(-c2ccccc2OCc2ccccc2)cc(C)c1CN. The van der Waals surface area contributed by atoms with Gasteiger partial charge in [0.15, 0.2) is 0 Å². The van der Waals surface area contributed by atoms with E-state index in [9.17, 15) is 0 Å². The zero-order chi connectivity index (χ0) is 16.9. The molecule has 0 radical (unpaired) electrons. The summed E-state index contributed by atoms with van der Waals surface area (Å²) in [7, 11) is 0. The van der Waals surface area contributed by atoms with Crippen LogP contribution in [0.15, 0.2) is 66.7 Å². The van der Waals surface area contributed by atoms with E-state index in [1.54, 1.807) is 0 Å². The van der Waals surface area contributed by atoms with E-state index in [-0.39, 0.29) is 0 Å². The fraction of sp³-hybridized carbons (Fsp3) is 0.182. The van der Waals surface area contributed by atoms with E-state index < -0.39 is 0 Å². The third-order valence-electron chi connectivity index (χ3n) is 4.34. The Kier molecular flexibility index (Phi) is 4.97. The summed E-state index contributed by atoms with van der Waals surface area (Å²) < 4.78 is 6.09. The molecule has 3 rings (SSSR count). The maximum absolute atomic E-state index is 6.09. The average Bonchev–Trinajstić information content (AvgIpc) is 2.61. The number of hydrogen-bond acceptors (Lipinski definition) is 2. The monoisotopic (exact) mass is 317 g/mol. The number of benzene rings is 3. The molecule has 0 bridgehead atoms. The number of para-hydroxylation sites is 1. The second-order valence-corrected chi connectivity index (χ2v) is 6.06. The molecule has 0 saturated carbocycles. The van der Waals surface area contributed by atoms with Crippen LogP contribution >= 0.6 is 0 Å². The third kappa shape index (κ3) is 3.50. The van der Waals surface area contributed by atoms with Crippen molar-refractivity contribution in [1.82, 2.24) is 0 Å². The zero-order valence-electron chi connectivity index (χ0n) is 14.3. The maximum Gasteiger partial charge on any atom is 0.127 e. The van der Waals surface area contributed by atoms with Gasteiger partial charge in [0, 0.05) is 12.1 Å². The summed E-state index contributed by atoms with van der Waals surface area (Å²) in [6.07, 6.45) is 0. The van der Waals surface area contributed by atoms with Crippen molar-refractivity contribution in [3.05, 3.63) is 89.0 Å². The van der Waals surface area contributed by atoms with Crippen molar-refractivity contribution in [2.75, 3.05) is 0 Å². The Morgan fingerprint density at radius 1 is 0.833 bits per heavy atom. The van der Waals surface area contributed by atoms with Crippen molar-refractivity contribution in [3.63, 3.8) is 0 Å². The number of hydrogen-bond donors (Lipinski definition) is 1. The molecule has 0 saturated heterocycles. The molecule has 0 spiro atoms. The first-order valence-corrected chi connectivity index (χ1v) is 8.25. The number of rotatable bonds is 5. The number of ether oxygens (including phenoxy) is 1. The minimum atomic E-state index is 0.566. The fourth-order valence-electron chi connectivity index (χ4n) is 3.04. The van der Waals surface area contributed by atoms with E-state index in [2.05, 4.69) is 44.2 Å². The molecule has 2 heteroatoms. The minimum Gasteiger partial charge on any atom is -0.488 e. The summed E-state index contributed by atoms with van der Waals surface area (Å²) in [6, 6.07) is 22.8. The predicted octanol–water partition coefficient (Wildman–Crippen LogP) is 5.01. The first-order chi connectivity index (χ1) is 11.7. The quantitative estimate of drug-likeness (QED) is 0.718. The second kappa shape index (κ2) is 7.33. The summed E-state index contributed by atoms with van der Waals surface area (Å²) in [4.78, 5) is 0. The zero-order valence-corrected chi connectivity index (χ0v) is 14.3. The van der Waals surface area contributed by atoms with Crippen molar-refractivity contribution >= 4 is 0 Å². The van der Waals surface area contributed by atoms with Crippen molar-refractivity contribution < 1.29 is 4.74 Å². The van der Waals surface area contributed by atoms with E-state index in [0.717, 1.165) is 16.9 Å². The molecule has 3 aromatic carbocycles. The Balaban J connectivity index is 1.92. The lowest BCUT2D eigenvalue weighted by Crippen LogP contribution is -2.03. The highest BCUT2D eigenvalue weighted by Gasteiger charge is 2.10.